The first-order valence-electron chi connectivity index (χ1n) is 2.43. The zero-order valence-electron chi connectivity index (χ0n) is 5.12. The predicted molar refractivity (Wildman–Crippen MR) is 22.5 cm³/mol. The standard InChI is InChI=1S/C4H4F5O2/c5-3(6,7)2-11-4(8,9)1-10/h1-2H2. The molecule has 0 aliphatic carbocycles. The Morgan fingerprint density at radius 1 is 1.09 bits per heavy atom. The molecule has 1 radical (unpaired) electrons. The van der Waals surface area contributed by atoms with E-state index in [1.54, 1.807) is 0 Å². The Hall–Kier alpha value is -0.430. The number of halogens is 5. The topological polar surface area (TPSA) is 29.1 Å². The summed E-state index contributed by atoms with van der Waals surface area (Å²) in [5.41, 5.74) is 0. The second kappa shape index (κ2) is 3.31. The van der Waals surface area contributed by atoms with Crippen LogP contribution in [0.1, 0.15) is 0 Å². The minimum absolute atomic E-state index is 2.01. The van der Waals surface area contributed by atoms with Crippen molar-refractivity contribution in [1.29, 1.82) is 0 Å². The van der Waals surface area contributed by atoms with Crippen LogP contribution in [0.25, 0.3) is 0 Å². The van der Waals surface area contributed by atoms with Gasteiger partial charge in [-0.1, -0.05) is 0 Å². The Balaban J connectivity index is 3.70. The maximum absolute atomic E-state index is 11.6. The van der Waals surface area contributed by atoms with Crippen molar-refractivity contribution in [3.8, 4) is 0 Å². The number of hydrogen-bond donors (Lipinski definition) is 0. The molecule has 0 atom stereocenters. The minimum atomic E-state index is -4.83. The second-order valence-corrected chi connectivity index (χ2v) is 1.69. The maximum atomic E-state index is 11.6. The molecule has 0 bridgehead atoms. The van der Waals surface area contributed by atoms with Gasteiger partial charge in [0, 0.05) is 0 Å². The molecule has 0 heterocycles. The molecule has 0 aliphatic rings. The van der Waals surface area contributed by atoms with E-state index in [2.05, 4.69) is 4.74 Å². The van der Waals surface area contributed by atoms with E-state index in [1.807, 2.05) is 0 Å². The molecule has 0 fully saturated rings. The van der Waals surface area contributed by atoms with E-state index in [4.69, 9.17) is 0 Å². The van der Waals surface area contributed by atoms with Gasteiger partial charge >= 0.3 is 12.3 Å². The highest BCUT2D eigenvalue weighted by atomic mass is 19.4. The van der Waals surface area contributed by atoms with Crippen molar-refractivity contribution in [3.05, 3.63) is 0 Å². The largest absolute Gasteiger partial charge is 0.412 e. The van der Waals surface area contributed by atoms with E-state index in [0.29, 0.717) is 0 Å². The van der Waals surface area contributed by atoms with E-state index < -0.39 is 25.5 Å². The van der Waals surface area contributed by atoms with Crippen LogP contribution >= 0.6 is 0 Å². The third-order valence-corrected chi connectivity index (χ3v) is 0.615. The molecule has 11 heavy (non-hydrogen) atoms. The molecule has 0 spiro atoms. The molecule has 0 saturated carbocycles. The van der Waals surface area contributed by atoms with Crippen molar-refractivity contribution in [1.82, 2.24) is 0 Å². The SMILES string of the molecule is [O]CC(F)(F)OCC(F)(F)F. The second-order valence-electron chi connectivity index (χ2n) is 1.69. The van der Waals surface area contributed by atoms with E-state index in [9.17, 15) is 27.1 Å². The zero-order chi connectivity index (χ0) is 9.12. The van der Waals surface area contributed by atoms with Crippen LogP contribution in [0.15, 0.2) is 0 Å². The lowest BCUT2D eigenvalue weighted by atomic mass is 10.6. The van der Waals surface area contributed by atoms with Crippen LogP contribution in [0.2, 0.25) is 0 Å². The van der Waals surface area contributed by atoms with Crippen molar-refractivity contribution in [2.24, 2.45) is 0 Å². The van der Waals surface area contributed by atoms with E-state index in [1.165, 1.54) is 0 Å². The fourth-order valence-corrected chi connectivity index (χ4v) is 0.229. The number of hydrogen-bond acceptors (Lipinski definition) is 1. The molecule has 0 aromatic heterocycles. The summed E-state index contributed by atoms with van der Waals surface area (Å²) in [6.07, 6.45) is -9.06. The summed E-state index contributed by atoms with van der Waals surface area (Å²) < 4.78 is 59.8. The molecule has 0 amide bonds. The van der Waals surface area contributed by atoms with Crippen LogP contribution in [0.3, 0.4) is 0 Å². The molecule has 0 unspecified atom stereocenters. The van der Waals surface area contributed by atoms with E-state index in [-0.39, 0.29) is 0 Å². The van der Waals surface area contributed by atoms with Crippen LogP contribution in [0.5, 0.6) is 0 Å². The number of rotatable bonds is 3. The fourth-order valence-electron chi connectivity index (χ4n) is 0.229. The van der Waals surface area contributed by atoms with Crippen LogP contribution in [0, 0.1) is 0 Å². The molecule has 0 aromatic carbocycles. The fraction of sp³-hybridized carbons (Fsp3) is 1.00. The monoisotopic (exact) mass is 179 g/mol. The van der Waals surface area contributed by atoms with Crippen molar-refractivity contribution in [2.45, 2.75) is 12.3 Å². The van der Waals surface area contributed by atoms with Crippen molar-refractivity contribution in [3.63, 3.8) is 0 Å². The summed E-state index contributed by atoms with van der Waals surface area (Å²) in [5.74, 6) is 0. The van der Waals surface area contributed by atoms with Crippen LogP contribution < -0.4 is 0 Å². The molecular weight excluding hydrogens is 175 g/mol. The summed E-state index contributed by atoms with van der Waals surface area (Å²) in [6.45, 7) is -4.12. The lowest BCUT2D eigenvalue weighted by molar-refractivity contribution is -0.305. The summed E-state index contributed by atoms with van der Waals surface area (Å²) in [5, 5.41) is 9.43. The first kappa shape index (κ1) is 10.6. The van der Waals surface area contributed by atoms with Crippen LogP contribution in [0.4, 0.5) is 22.0 Å². The lowest BCUT2D eigenvalue weighted by Gasteiger charge is -2.14. The summed E-state index contributed by atoms with van der Waals surface area (Å²) >= 11 is 0. The Labute approximate surface area is 58.6 Å². The van der Waals surface area contributed by atoms with Gasteiger partial charge in [-0.15, -0.1) is 0 Å². The van der Waals surface area contributed by atoms with Crippen molar-refractivity contribution in [2.75, 3.05) is 13.2 Å². The van der Waals surface area contributed by atoms with Gasteiger partial charge in [-0.05, 0) is 0 Å². The predicted octanol–water partition coefficient (Wildman–Crippen LogP) is 1.59. The summed E-state index contributed by atoms with van der Waals surface area (Å²) in [4.78, 5) is 0. The van der Waals surface area contributed by atoms with Crippen LogP contribution in [-0.2, 0) is 9.84 Å². The Kier molecular flexibility index (Phi) is 3.18. The number of alkyl halides is 5. The molecule has 0 rings (SSSR count). The molecule has 67 valence electrons. The molecule has 0 N–H and O–H groups in total. The Bertz CT molecular complexity index is 120. The molecular formula is C4H4F5O2. The highest BCUT2D eigenvalue weighted by molar-refractivity contribution is 4.52. The normalized spacial score (nSPS) is 13.6. The molecule has 0 aliphatic heterocycles. The van der Waals surface area contributed by atoms with Gasteiger partial charge < -0.3 is 4.74 Å². The van der Waals surface area contributed by atoms with E-state index >= 15 is 0 Å². The van der Waals surface area contributed by atoms with Gasteiger partial charge in [0.2, 0.25) is 0 Å². The highest BCUT2D eigenvalue weighted by Gasteiger charge is 2.37. The molecule has 7 heteroatoms. The van der Waals surface area contributed by atoms with Crippen molar-refractivity contribution < 1.29 is 31.8 Å². The Morgan fingerprint density at radius 3 is 1.82 bits per heavy atom. The van der Waals surface area contributed by atoms with Gasteiger partial charge in [0.25, 0.3) is 0 Å². The first-order valence-corrected chi connectivity index (χ1v) is 2.43. The highest BCUT2D eigenvalue weighted by Crippen LogP contribution is 2.21. The lowest BCUT2D eigenvalue weighted by Crippen LogP contribution is -2.30. The third kappa shape index (κ3) is 5.99. The maximum Gasteiger partial charge on any atom is 0.412 e. The van der Waals surface area contributed by atoms with Gasteiger partial charge in [-0.3, -0.25) is 0 Å². The summed E-state index contributed by atoms with van der Waals surface area (Å²) in [7, 11) is 0. The number of ether oxygens (including phenoxy) is 1. The Morgan fingerprint density at radius 2 is 1.55 bits per heavy atom. The van der Waals surface area contributed by atoms with E-state index in [0.717, 1.165) is 0 Å². The van der Waals surface area contributed by atoms with Gasteiger partial charge in [0.15, 0.2) is 6.61 Å². The van der Waals surface area contributed by atoms with Crippen LogP contribution in [-0.4, -0.2) is 25.5 Å². The molecule has 0 aromatic rings. The average molecular weight is 179 g/mol. The van der Waals surface area contributed by atoms with Crippen molar-refractivity contribution >= 4 is 0 Å². The smallest absolute Gasteiger partial charge is 0.309 e. The van der Waals surface area contributed by atoms with Gasteiger partial charge in [0.05, 0.1) is 0 Å². The molecule has 0 saturated heterocycles. The summed E-state index contributed by atoms with van der Waals surface area (Å²) in [6, 6.07) is 0. The van der Waals surface area contributed by atoms with Gasteiger partial charge in [-0.25, -0.2) is 5.11 Å². The molecule has 2 nitrogen and oxygen atoms in total. The third-order valence-electron chi connectivity index (χ3n) is 0.615. The zero-order valence-corrected chi connectivity index (χ0v) is 5.12. The average Bonchev–Trinajstić information content (AvgIpc) is 1.83. The first-order chi connectivity index (χ1) is 4.77. The van der Waals surface area contributed by atoms with Gasteiger partial charge in [0.1, 0.15) is 6.61 Å². The minimum Gasteiger partial charge on any atom is -0.309 e. The van der Waals surface area contributed by atoms with Gasteiger partial charge in [-0.2, -0.15) is 22.0 Å². The quantitative estimate of drug-likeness (QED) is 0.604.